The number of nitrogens with one attached hydrogen (secondary N) is 2. The van der Waals surface area contributed by atoms with Crippen LogP contribution in [0.3, 0.4) is 0 Å². The molecule has 8 nitrogen and oxygen atoms in total. The predicted octanol–water partition coefficient (Wildman–Crippen LogP) is 3.90. The van der Waals surface area contributed by atoms with Crippen LogP contribution < -0.4 is 20.1 Å². The lowest BCUT2D eigenvalue weighted by molar-refractivity contribution is 0.405. The lowest BCUT2D eigenvalue weighted by Gasteiger charge is -2.13. The van der Waals surface area contributed by atoms with E-state index in [2.05, 4.69) is 31.9 Å². The van der Waals surface area contributed by atoms with Gasteiger partial charge in [0, 0.05) is 17.8 Å². The quantitative estimate of drug-likeness (QED) is 0.661. The van der Waals surface area contributed by atoms with Gasteiger partial charge >= 0.3 is 0 Å². The molecule has 0 unspecified atom stereocenters. The smallest absolute Gasteiger partial charge is 0.249 e. The van der Waals surface area contributed by atoms with Gasteiger partial charge in [0.2, 0.25) is 5.95 Å². The highest BCUT2D eigenvalue weighted by molar-refractivity contribution is 6.32. The third-order valence-electron chi connectivity index (χ3n) is 3.54. The predicted molar refractivity (Wildman–Crippen MR) is 102 cm³/mol. The number of benzene rings is 2. The summed E-state index contributed by atoms with van der Waals surface area (Å²) in [4.78, 5) is 4.36. The standard InChI is InChI=1S/C18H15ClN6O2/c1-26-15-8-14(16(27-2)7-13(15)19)23-18-24-17(10-21-25-18)22-12-5-3-4-11(6-12)9-20/h3-8,10H,1-2H3,(H2,22,23,24,25). The summed E-state index contributed by atoms with van der Waals surface area (Å²) in [5, 5.41) is 23.4. The van der Waals surface area contributed by atoms with E-state index in [1.165, 1.54) is 20.4 Å². The van der Waals surface area contributed by atoms with Crippen molar-refractivity contribution in [2.75, 3.05) is 24.9 Å². The van der Waals surface area contributed by atoms with Gasteiger partial charge in [-0.15, -0.1) is 5.10 Å². The minimum atomic E-state index is 0.249. The average molecular weight is 383 g/mol. The molecule has 0 bridgehead atoms. The van der Waals surface area contributed by atoms with Gasteiger partial charge in [0.1, 0.15) is 11.5 Å². The van der Waals surface area contributed by atoms with Gasteiger partial charge in [-0.25, -0.2) is 0 Å². The highest BCUT2D eigenvalue weighted by Crippen LogP contribution is 2.36. The molecule has 27 heavy (non-hydrogen) atoms. The second-order valence-corrected chi connectivity index (χ2v) is 5.70. The van der Waals surface area contributed by atoms with Crippen LogP contribution in [0.15, 0.2) is 42.6 Å². The fraction of sp³-hybridized carbons (Fsp3) is 0.111. The molecule has 2 N–H and O–H groups in total. The van der Waals surface area contributed by atoms with E-state index in [9.17, 15) is 0 Å². The van der Waals surface area contributed by atoms with Crippen LogP contribution in [0.25, 0.3) is 0 Å². The fourth-order valence-electron chi connectivity index (χ4n) is 2.31. The molecule has 0 atom stereocenters. The molecule has 0 spiro atoms. The second kappa shape index (κ2) is 8.21. The minimum absolute atomic E-state index is 0.249. The molecule has 0 radical (unpaired) electrons. The largest absolute Gasteiger partial charge is 0.495 e. The highest BCUT2D eigenvalue weighted by Gasteiger charge is 2.12. The van der Waals surface area contributed by atoms with Crippen LogP contribution in [0.2, 0.25) is 5.02 Å². The van der Waals surface area contributed by atoms with Gasteiger partial charge in [0.25, 0.3) is 0 Å². The molecule has 3 aromatic rings. The molecular formula is C18H15ClN6O2. The first kappa shape index (κ1) is 18.2. The number of ether oxygens (including phenoxy) is 2. The molecule has 2 aromatic carbocycles. The first-order valence-electron chi connectivity index (χ1n) is 7.78. The summed E-state index contributed by atoms with van der Waals surface area (Å²) >= 11 is 6.11. The Morgan fingerprint density at radius 2 is 1.89 bits per heavy atom. The molecule has 9 heteroatoms. The van der Waals surface area contributed by atoms with Crippen LogP contribution >= 0.6 is 11.6 Å². The van der Waals surface area contributed by atoms with Crippen LogP contribution in [0.5, 0.6) is 11.5 Å². The van der Waals surface area contributed by atoms with Gasteiger partial charge in [0.15, 0.2) is 5.82 Å². The zero-order valence-electron chi connectivity index (χ0n) is 14.5. The summed E-state index contributed by atoms with van der Waals surface area (Å²) in [6.07, 6.45) is 1.48. The number of halogens is 1. The number of nitrogens with zero attached hydrogens (tertiary/aromatic N) is 4. The van der Waals surface area contributed by atoms with Crippen LogP contribution in [0, 0.1) is 11.3 Å². The van der Waals surface area contributed by atoms with Crippen molar-refractivity contribution in [1.29, 1.82) is 5.26 Å². The van der Waals surface area contributed by atoms with Crippen molar-refractivity contribution in [3.05, 3.63) is 53.2 Å². The number of nitriles is 1. The van der Waals surface area contributed by atoms with Crippen LogP contribution in [0.1, 0.15) is 5.56 Å². The second-order valence-electron chi connectivity index (χ2n) is 5.29. The van der Waals surface area contributed by atoms with Gasteiger partial charge < -0.3 is 20.1 Å². The van der Waals surface area contributed by atoms with Crippen molar-refractivity contribution in [2.45, 2.75) is 0 Å². The van der Waals surface area contributed by atoms with E-state index in [-0.39, 0.29) is 5.95 Å². The average Bonchev–Trinajstić information content (AvgIpc) is 2.69. The van der Waals surface area contributed by atoms with E-state index in [1.807, 2.05) is 6.07 Å². The van der Waals surface area contributed by atoms with Crippen LogP contribution in [-0.2, 0) is 0 Å². The highest BCUT2D eigenvalue weighted by atomic mass is 35.5. The molecule has 0 saturated carbocycles. The summed E-state index contributed by atoms with van der Waals surface area (Å²) in [7, 11) is 3.05. The maximum atomic E-state index is 8.99. The Morgan fingerprint density at radius 1 is 1.07 bits per heavy atom. The number of hydrogen-bond donors (Lipinski definition) is 2. The van der Waals surface area contributed by atoms with E-state index >= 15 is 0 Å². The molecule has 0 fully saturated rings. The topological polar surface area (TPSA) is 105 Å². The molecule has 3 rings (SSSR count). The van der Waals surface area contributed by atoms with Crippen molar-refractivity contribution < 1.29 is 9.47 Å². The SMILES string of the molecule is COc1cc(Nc2nncc(Nc3cccc(C#N)c3)n2)c(OC)cc1Cl. The maximum Gasteiger partial charge on any atom is 0.249 e. The molecule has 0 amide bonds. The van der Waals surface area contributed by atoms with Gasteiger partial charge in [-0.05, 0) is 18.2 Å². The summed E-state index contributed by atoms with van der Waals surface area (Å²) in [5.41, 5.74) is 1.83. The summed E-state index contributed by atoms with van der Waals surface area (Å²) in [5.74, 6) is 1.70. The molecule has 136 valence electrons. The number of rotatable bonds is 6. The number of aromatic nitrogens is 3. The summed E-state index contributed by atoms with van der Waals surface area (Å²) < 4.78 is 10.5. The Hall–Kier alpha value is -3.57. The molecule has 0 aliphatic rings. The third kappa shape index (κ3) is 4.34. The third-order valence-corrected chi connectivity index (χ3v) is 3.84. The van der Waals surface area contributed by atoms with Crippen molar-refractivity contribution in [3.8, 4) is 17.6 Å². The van der Waals surface area contributed by atoms with E-state index in [0.717, 1.165) is 0 Å². The monoisotopic (exact) mass is 382 g/mol. The Labute approximate surface area is 160 Å². The lowest BCUT2D eigenvalue weighted by atomic mass is 10.2. The van der Waals surface area contributed by atoms with Gasteiger partial charge in [-0.3, -0.25) is 0 Å². The molecule has 1 aromatic heterocycles. The van der Waals surface area contributed by atoms with E-state index in [1.54, 1.807) is 30.3 Å². The van der Waals surface area contributed by atoms with E-state index in [4.69, 9.17) is 26.3 Å². The van der Waals surface area contributed by atoms with E-state index < -0.39 is 0 Å². The fourth-order valence-corrected chi connectivity index (χ4v) is 2.54. The van der Waals surface area contributed by atoms with Gasteiger partial charge in [0.05, 0.1) is 42.8 Å². The van der Waals surface area contributed by atoms with Gasteiger partial charge in [-0.1, -0.05) is 17.7 Å². The van der Waals surface area contributed by atoms with Crippen molar-refractivity contribution >= 4 is 34.7 Å². The summed E-state index contributed by atoms with van der Waals surface area (Å²) in [6.45, 7) is 0. The molecule has 0 aliphatic carbocycles. The zero-order valence-corrected chi connectivity index (χ0v) is 15.3. The number of hydrogen-bond acceptors (Lipinski definition) is 8. The van der Waals surface area contributed by atoms with Crippen molar-refractivity contribution in [2.24, 2.45) is 0 Å². The number of methoxy groups -OCH3 is 2. The molecule has 0 aliphatic heterocycles. The normalized spacial score (nSPS) is 10.0. The molecule has 0 saturated heterocycles. The Bertz CT molecular complexity index is 1010. The van der Waals surface area contributed by atoms with Crippen molar-refractivity contribution in [3.63, 3.8) is 0 Å². The zero-order chi connectivity index (χ0) is 19.2. The molecule has 1 heterocycles. The Balaban J connectivity index is 1.85. The first-order chi connectivity index (χ1) is 13.1. The minimum Gasteiger partial charge on any atom is -0.495 e. The molecular weight excluding hydrogens is 368 g/mol. The van der Waals surface area contributed by atoms with Gasteiger partial charge in [-0.2, -0.15) is 15.3 Å². The Kier molecular flexibility index (Phi) is 5.54. The van der Waals surface area contributed by atoms with E-state index in [0.29, 0.717) is 39.3 Å². The summed E-state index contributed by atoms with van der Waals surface area (Å²) in [6, 6.07) is 12.4. The number of anilines is 4. The maximum absolute atomic E-state index is 8.99. The lowest BCUT2D eigenvalue weighted by Crippen LogP contribution is -2.04. The van der Waals surface area contributed by atoms with Crippen LogP contribution in [-0.4, -0.2) is 29.4 Å². The Morgan fingerprint density at radius 3 is 2.63 bits per heavy atom. The first-order valence-corrected chi connectivity index (χ1v) is 8.16. The van der Waals surface area contributed by atoms with Crippen molar-refractivity contribution in [1.82, 2.24) is 15.2 Å². The van der Waals surface area contributed by atoms with Crippen LogP contribution in [0.4, 0.5) is 23.1 Å².